The number of thioether (sulfide) groups is 1. The van der Waals surface area contributed by atoms with Crippen molar-refractivity contribution in [3.8, 4) is 5.75 Å². The SMILES string of the molecule is COc1ccc(C)cc1NC(=O)C(Sc1nnc(NC2CCCCC2)s1)c1ccccc1. The lowest BCUT2D eigenvalue weighted by Gasteiger charge is -2.21. The Morgan fingerprint density at radius 2 is 1.91 bits per heavy atom. The number of rotatable bonds is 8. The van der Waals surface area contributed by atoms with Crippen molar-refractivity contribution < 1.29 is 9.53 Å². The number of nitrogens with zero attached hydrogens (tertiary/aromatic N) is 2. The van der Waals surface area contributed by atoms with Gasteiger partial charge in [-0.3, -0.25) is 4.79 Å². The van der Waals surface area contributed by atoms with E-state index in [0.29, 0.717) is 17.5 Å². The average Bonchev–Trinajstić information content (AvgIpc) is 3.25. The molecule has 1 saturated carbocycles. The van der Waals surface area contributed by atoms with Gasteiger partial charge in [0.15, 0.2) is 4.34 Å². The van der Waals surface area contributed by atoms with Crippen LogP contribution in [0.4, 0.5) is 10.8 Å². The molecule has 1 aliphatic rings. The maximum atomic E-state index is 13.4. The Hall–Kier alpha value is -2.58. The van der Waals surface area contributed by atoms with Gasteiger partial charge in [0.2, 0.25) is 11.0 Å². The fraction of sp³-hybridized carbons (Fsp3) is 0.375. The lowest BCUT2D eigenvalue weighted by molar-refractivity contribution is -0.115. The molecule has 32 heavy (non-hydrogen) atoms. The zero-order chi connectivity index (χ0) is 22.3. The smallest absolute Gasteiger partial charge is 0.242 e. The number of ether oxygens (including phenoxy) is 1. The Balaban J connectivity index is 1.51. The van der Waals surface area contributed by atoms with Crippen molar-refractivity contribution in [2.45, 2.75) is 54.7 Å². The van der Waals surface area contributed by atoms with Crippen molar-refractivity contribution in [3.05, 3.63) is 59.7 Å². The number of aryl methyl sites for hydroxylation is 1. The summed E-state index contributed by atoms with van der Waals surface area (Å²) in [6.45, 7) is 1.99. The van der Waals surface area contributed by atoms with Crippen molar-refractivity contribution >= 4 is 39.8 Å². The molecule has 0 radical (unpaired) electrons. The molecule has 0 aliphatic heterocycles. The molecular formula is C24H28N4O2S2. The molecule has 1 aliphatic carbocycles. The number of carbonyl (C=O) groups is 1. The van der Waals surface area contributed by atoms with Crippen LogP contribution in [0.5, 0.6) is 5.75 Å². The standard InChI is InChI=1S/C24H28N4O2S2/c1-16-13-14-20(30-2)19(15-16)26-22(29)21(17-9-5-3-6-10-17)31-24-28-27-23(32-24)25-18-11-7-4-8-12-18/h3,5-6,9-10,13-15,18,21H,4,7-8,11-12H2,1-2H3,(H,25,27)(H,26,29). The molecule has 8 heteroatoms. The first-order chi connectivity index (χ1) is 15.6. The predicted octanol–water partition coefficient (Wildman–Crippen LogP) is 6.07. The van der Waals surface area contributed by atoms with E-state index >= 15 is 0 Å². The topological polar surface area (TPSA) is 76.1 Å². The molecule has 1 aromatic heterocycles. The van der Waals surface area contributed by atoms with Gasteiger partial charge in [-0.1, -0.05) is 78.8 Å². The molecule has 0 bridgehead atoms. The molecule has 1 amide bonds. The average molecular weight is 469 g/mol. The third kappa shape index (κ3) is 5.81. The summed E-state index contributed by atoms with van der Waals surface area (Å²) < 4.78 is 6.20. The molecule has 1 heterocycles. The number of carbonyl (C=O) groups excluding carboxylic acids is 1. The van der Waals surface area contributed by atoms with E-state index in [-0.39, 0.29) is 5.91 Å². The van der Waals surface area contributed by atoms with Gasteiger partial charge in [-0.25, -0.2) is 0 Å². The van der Waals surface area contributed by atoms with Crippen molar-refractivity contribution in [1.82, 2.24) is 10.2 Å². The number of methoxy groups -OCH3 is 1. The van der Waals surface area contributed by atoms with Gasteiger partial charge in [0.25, 0.3) is 0 Å². The van der Waals surface area contributed by atoms with Gasteiger partial charge < -0.3 is 15.4 Å². The van der Waals surface area contributed by atoms with Crippen molar-refractivity contribution in [2.24, 2.45) is 0 Å². The van der Waals surface area contributed by atoms with Gasteiger partial charge in [-0.2, -0.15) is 0 Å². The number of anilines is 2. The summed E-state index contributed by atoms with van der Waals surface area (Å²) in [5.74, 6) is 0.512. The zero-order valence-electron chi connectivity index (χ0n) is 18.3. The van der Waals surface area contributed by atoms with Crippen LogP contribution >= 0.6 is 23.1 Å². The minimum absolute atomic E-state index is 0.123. The lowest BCUT2D eigenvalue weighted by Crippen LogP contribution is -2.21. The molecule has 0 spiro atoms. The Labute approximate surface area is 197 Å². The lowest BCUT2D eigenvalue weighted by atomic mass is 9.96. The predicted molar refractivity (Wildman–Crippen MR) is 132 cm³/mol. The van der Waals surface area contributed by atoms with E-state index in [4.69, 9.17) is 4.74 Å². The molecule has 4 rings (SSSR count). The summed E-state index contributed by atoms with van der Waals surface area (Å²) in [6.07, 6.45) is 6.19. The second kappa shape index (κ2) is 10.8. The number of amides is 1. The van der Waals surface area contributed by atoms with E-state index in [1.54, 1.807) is 7.11 Å². The molecule has 0 saturated heterocycles. The zero-order valence-corrected chi connectivity index (χ0v) is 20.0. The van der Waals surface area contributed by atoms with Gasteiger partial charge in [0.05, 0.1) is 12.8 Å². The van der Waals surface area contributed by atoms with E-state index in [9.17, 15) is 4.79 Å². The Kier molecular flexibility index (Phi) is 7.65. The van der Waals surface area contributed by atoms with Crippen molar-refractivity contribution in [2.75, 3.05) is 17.7 Å². The minimum atomic E-state index is -0.461. The Morgan fingerprint density at radius 1 is 1.12 bits per heavy atom. The fourth-order valence-electron chi connectivity index (χ4n) is 3.86. The monoisotopic (exact) mass is 468 g/mol. The van der Waals surface area contributed by atoms with E-state index < -0.39 is 5.25 Å². The first-order valence-corrected chi connectivity index (χ1v) is 12.6. The second-order valence-electron chi connectivity index (χ2n) is 7.95. The maximum absolute atomic E-state index is 13.4. The normalized spacial score (nSPS) is 15.2. The fourth-order valence-corrected chi connectivity index (χ4v) is 5.88. The summed E-state index contributed by atoms with van der Waals surface area (Å²) in [4.78, 5) is 13.4. The third-order valence-corrected chi connectivity index (χ3v) is 7.70. The van der Waals surface area contributed by atoms with E-state index in [1.807, 2.05) is 55.5 Å². The van der Waals surface area contributed by atoms with E-state index in [1.165, 1.54) is 55.2 Å². The van der Waals surface area contributed by atoms with Crippen LogP contribution < -0.4 is 15.4 Å². The second-order valence-corrected chi connectivity index (χ2v) is 10.3. The largest absolute Gasteiger partial charge is 0.495 e. The molecule has 168 valence electrons. The Morgan fingerprint density at radius 3 is 2.66 bits per heavy atom. The van der Waals surface area contributed by atoms with Gasteiger partial charge >= 0.3 is 0 Å². The van der Waals surface area contributed by atoms with Crippen LogP contribution in [-0.2, 0) is 4.79 Å². The summed E-state index contributed by atoms with van der Waals surface area (Å²) in [5, 5.41) is 15.6. The summed E-state index contributed by atoms with van der Waals surface area (Å²) in [6, 6.07) is 16.0. The van der Waals surface area contributed by atoms with Crippen LogP contribution in [0.1, 0.15) is 48.5 Å². The number of nitrogens with one attached hydrogen (secondary N) is 2. The van der Waals surface area contributed by atoms with Gasteiger partial charge in [-0.15, -0.1) is 10.2 Å². The number of benzene rings is 2. The van der Waals surface area contributed by atoms with Crippen LogP contribution in [0.25, 0.3) is 0 Å². The molecule has 6 nitrogen and oxygen atoms in total. The highest BCUT2D eigenvalue weighted by Gasteiger charge is 2.25. The molecule has 2 aromatic carbocycles. The van der Waals surface area contributed by atoms with Gasteiger partial charge in [0, 0.05) is 6.04 Å². The first-order valence-electron chi connectivity index (χ1n) is 10.9. The summed E-state index contributed by atoms with van der Waals surface area (Å²) in [5.41, 5.74) is 2.63. The molecular weight excluding hydrogens is 440 g/mol. The number of hydrogen-bond donors (Lipinski definition) is 2. The summed E-state index contributed by atoms with van der Waals surface area (Å²) >= 11 is 2.93. The third-order valence-electron chi connectivity index (χ3n) is 5.51. The molecule has 3 aromatic rings. The number of hydrogen-bond acceptors (Lipinski definition) is 7. The highest BCUT2D eigenvalue weighted by Crippen LogP contribution is 2.39. The van der Waals surface area contributed by atoms with Crippen LogP contribution in [-0.4, -0.2) is 29.3 Å². The highest BCUT2D eigenvalue weighted by atomic mass is 32.2. The molecule has 2 N–H and O–H groups in total. The Bertz CT molecular complexity index is 1040. The molecule has 1 atom stereocenters. The highest BCUT2D eigenvalue weighted by molar-refractivity contribution is 8.02. The van der Waals surface area contributed by atoms with E-state index in [2.05, 4.69) is 20.8 Å². The molecule has 1 unspecified atom stereocenters. The molecule has 1 fully saturated rings. The number of aromatic nitrogens is 2. The van der Waals surface area contributed by atoms with E-state index in [0.717, 1.165) is 20.6 Å². The minimum Gasteiger partial charge on any atom is -0.495 e. The van der Waals surface area contributed by atoms with Gasteiger partial charge in [-0.05, 0) is 43.0 Å². The van der Waals surface area contributed by atoms with Gasteiger partial charge in [0.1, 0.15) is 11.0 Å². The van der Waals surface area contributed by atoms with Crippen LogP contribution in [0.15, 0.2) is 52.9 Å². The van der Waals surface area contributed by atoms with Crippen LogP contribution in [0.3, 0.4) is 0 Å². The first kappa shape index (κ1) is 22.6. The van der Waals surface area contributed by atoms with Crippen molar-refractivity contribution in [1.29, 1.82) is 0 Å². The quantitative estimate of drug-likeness (QED) is 0.391. The summed E-state index contributed by atoms with van der Waals surface area (Å²) in [7, 11) is 1.60. The van der Waals surface area contributed by atoms with Crippen LogP contribution in [0, 0.1) is 6.92 Å². The van der Waals surface area contributed by atoms with Crippen LogP contribution in [0.2, 0.25) is 0 Å². The van der Waals surface area contributed by atoms with Crippen molar-refractivity contribution in [3.63, 3.8) is 0 Å². The maximum Gasteiger partial charge on any atom is 0.242 e.